The molecule has 7 heteroatoms. The topological polar surface area (TPSA) is 84.2 Å². The van der Waals surface area contributed by atoms with Crippen LogP contribution in [-0.4, -0.2) is 26.8 Å². The van der Waals surface area contributed by atoms with Crippen LogP contribution in [0.25, 0.3) is 11.0 Å². The van der Waals surface area contributed by atoms with E-state index in [1.165, 1.54) is 20.3 Å². The van der Waals surface area contributed by atoms with Crippen LogP contribution in [0.15, 0.2) is 51.7 Å². The Bertz CT molecular complexity index is 1070. The van der Waals surface area contributed by atoms with Gasteiger partial charge in [-0.25, -0.2) is 9.59 Å². The van der Waals surface area contributed by atoms with Crippen molar-refractivity contribution in [3.05, 3.63) is 64.0 Å². The van der Waals surface area contributed by atoms with Gasteiger partial charge in [-0.3, -0.25) is 0 Å². The van der Waals surface area contributed by atoms with E-state index in [1.807, 2.05) is 6.92 Å². The summed E-state index contributed by atoms with van der Waals surface area (Å²) in [6, 6.07) is 11.3. The second kappa shape index (κ2) is 9.14. The van der Waals surface area contributed by atoms with E-state index in [4.69, 9.17) is 23.4 Å². The number of hydrogen-bond donors (Lipinski definition) is 0. The van der Waals surface area contributed by atoms with Crippen molar-refractivity contribution in [3.8, 4) is 17.2 Å². The smallest absolute Gasteiger partial charge is 0.338 e. The minimum atomic E-state index is -0.541. The van der Waals surface area contributed by atoms with Gasteiger partial charge in [0.2, 0.25) is 0 Å². The standard InChI is InChI=1S/C22H22O7/c1-4-9-27-18-8-5-14(10-20(18)26-3)22(24)28-13-15-11-21(23)29-19-12-16(25-2)6-7-17(15)19/h5-8,10-12H,4,9,13H2,1-3H3. The van der Waals surface area contributed by atoms with E-state index in [-0.39, 0.29) is 6.61 Å². The molecule has 1 aromatic heterocycles. The molecule has 0 bridgehead atoms. The van der Waals surface area contributed by atoms with Gasteiger partial charge in [0.1, 0.15) is 17.9 Å². The first-order chi connectivity index (χ1) is 14.0. The van der Waals surface area contributed by atoms with E-state index in [2.05, 4.69) is 0 Å². The third-order valence-electron chi connectivity index (χ3n) is 4.26. The Morgan fingerprint density at radius 2 is 1.83 bits per heavy atom. The van der Waals surface area contributed by atoms with Crippen LogP contribution in [0.4, 0.5) is 0 Å². The number of carbonyl (C=O) groups excluding carboxylic acids is 1. The van der Waals surface area contributed by atoms with Crippen LogP contribution < -0.4 is 19.8 Å². The van der Waals surface area contributed by atoms with Crippen LogP contribution in [0.1, 0.15) is 29.3 Å². The molecule has 29 heavy (non-hydrogen) atoms. The molecule has 0 fully saturated rings. The maximum atomic E-state index is 12.5. The van der Waals surface area contributed by atoms with Crippen LogP contribution in [0.3, 0.4) is 0 Å². The van der Waals surface area contributed by atoms with E-state index in [0.29, 0.717) is 46.0 Å². The van der Waals surface area contributed by atoms with Gasteiger partial charge in [0, 0.05) is 23.1 Å². The molecule has 152 valence electrons. The van der Waals surface area contributed by atoms with Gasteiger partial charge in [-0.15, -0.1) is 0 Å². The molecule has 0 unspecified atom stereocenters. The van der Waals surface area contributed by atoms with Crippen molar-refractivity contribution in [1.29, 1.82) is 0 Å². The van der Waals surface area contributed by atoms with Crippen molar-refractivity contribution in [2.75, 3.05) is 20.8 Å². The number of rotatable bonds is 8. The molecule has 3 rings (SSSR count). The molecule has 0 saturated heterocycles. The van der Waals surface area contributed by atoms with Crippen LogP contribution in [0.5, 0.6) is 17.2 Å². The van der Waals surface area contributed by atoms with Gasteiger partial charge in [-0.05, 0) is 36.8 Å². The van der Waals surface area contributed by atoms with Gasteiger partial charge in [-0.2, -0.15) is 0 Å². The molecular formula is C22H22O7. The van der Waals surface area contributed by atoms with Crippen molar-refractivity contribution < 1.29 is 28.2 Å². The van der Waals surface area contributed by atoms with Gasteiger partial charge in [0.05, 0.1) is 26.4 Å². The fourth-order valence-electron chi connectivity index (χ4n) is 2.81. The summed E-state index contributed by atoms with van der Waals surface area (Å²) in [7, 11) is 3.03. The van der Waals surface area contributed by atoms with Gasteiger partial charge >= 0.3 is 11.6 Å². The van der Waals surface area contributed by atoms with Crippen LogP contribution in [-0.2, 0) is 11.3 Å². The van der Waals surface area contributed by atoms with E-state index >= 15 is 0 Å². The molecular weight excluding hydrogens is 376 g/mol. The molecule has 1 heterocycles. The molecule has 7 nitrogen and oxygen atoms in total. The Morgan fingerprint density at radius 1 is 1.00 bits per heavy atom. The summed E-state index contributed by atoms with van der Waals surface area (Å²) in [5, 5.41) is 0.666. The lowest BCUT2D eigenvalue weighted by molar-refractivity contribution is 0.0473. The number of hydrogen-bond acceptors (Lipinski definition) is 7. The predicted molar refractivity (Wildman–Crippen MR) is 107 cm³/mol. The summed E-state index contributed by atoms with van der Waals surface area (Å²) < 4.78 is 26.6. The van der Waals surface area contributed by atoms with Gasteiger partial charge in [0.15, 0.2) is 11.5 Å². The van der Waals surface area contributed by atoms with Crippen molar-refractivity contribution in [3.63, 3.8) is 0 Å². The van der Waals surface area contributed by atoms with E-state index < -0.39 is 11.6 Å². The van der Waals surface area contributed by atoms with Gasteiger partial charge in [-0.1, -0.05) is 6.92 Å². The molecule has 0 aliphatic rings. The lowest BCUT2D eigenvalue weighted by Gasteiger charge is -2.12. The first-order valence-electron chi connectivity index (χ1n) is 9.14. The minimum absolute atomic E-state index is 0.0797. The number of methoxy groups -OCH3 is 2. The number of esters is 1. The monoisotopic (exact) mass is 398 g/mol. The molecule has 0 N–H and O–H groups in total. The van der Waals surface area contributed by atoms with Crippen LogP contribution in [0.2, 0.25) is 0 Å². The SMILES string of the molecule is CCCOc1ccc(C(=O)OCc2cc(=O)oc3cc(OC)ccc23)cc1OC. The van der Waals surface area contributed by atoms with Gasteiger partial charge in [0.25, 0.3) is 0 Å². The van der Waals surface area contributed by atoms with E-state index in [9.17, 15) is 9.59 Å². The fraction of sp³-hybridized carbons (Fsp3) is 0.273. The summed E-state index contributed by atoms with van der Waals surface area (Å²) in [6.45, 7) is 2.47. The summed E-state index contributed by atoms with van der Waals surface area (Å²) in [6.07, 6.45) is 0.859. The molecule has 2 aromatic carbocycles. The highest BCUT2D eigenvalue weighted by Gasteiger charge is 2.14. The Hall–Kier alpha value is -3.48. The van der Waals surface area contributed by atoms with E-state index in [1.54, 1.807) is 36.4 Å². The van der Waals surface area contributed by atoms with Crippen molar-refractivity contribution >= 4 is 16.9 Å². The molecule has 0 spiro atoms. The Labute approximate surface area is 167 Å². The Balaban J connectivity index is 1.79. The molecule has 0 atom stereocenters. The lowest BCUT2D eigenvalue weighted by Crippen LogP contribution is -2.08. The van der Waals surface area contributed by atoms with Crippen molar-refractivity contribution in [2.24, 2.45) is 0 Å². The molecule has 0 aliphatic heterocycles. The fourth-order valence-corrected chi connectivity index (χ4v) is 2.81. The summed E-state index contributed by atoms with van der Waals surface area (Å²) in [5.41, 5.74) is 0.694. The predicted octanol–water partition coefficient (Wildman–Crippen LogP) is 3.96. The molecule has 3 aromatic rings. The maximum absolute atomic E-state index is 12.5. The second-order valence-electron chi connectivity index (χ2n) is 6.24. The average Bonchev–Trinajstić information content (AvgIpc) is 2.74. The second-order valence-corrected chi connectivity index (χ2v) is 6.24. The molecule has 0 radical (unpaired) electrons. The quantitative estimate of drug-likeness (QED) is 0.419. The van der Waals surface area contributed by atoms with Crippen LogP contribution in [0, 0.1) is 0 Å². The summed E-state index contributed by atoms with van der Waals surface area (Å²) in [4.78, 5) is 24.3. The third kappa shape index (κ3) is 4.68. The Morgan fingerprint density at radius 3 is 2.55 bits per heavy atom. The minimum Gasteiger partial charge on any atom is -0.497 e. The lowest BCUT2D eigenvalue weighted by atomic mass is 10.1. The van der Waals surface area contributed by atoms with Crippen molar-refractivity contribution in [2.45, 2.75) is 20.0 Å². The molecule has 0 amide bonds. The first-order valence-corrected chi connectivity index (χ1v) is 9.14. The van der Waals surface area contributed by atoms with Gasteiger partial charge < -0.3 is 23.4 Å². The number of fused-ring (bicyclic) bond motifs is 1. The average molecular weight is 398 g/mol. The highest BCUT2D eigenvalue weighted by Crippen LogP contribution is 2.29. The number of benzene rings is 2. The summed E-state index contributed by atoms with van der Waals surface area (Å²) in [5.74, 6) is 1.03. The maximum Gasteiger partial charge on any atom is 0.338 e. The highest BCUT2D eigenvalue weighted by molar-refractivity contribution is 5.90. The largest absolute Gasteiger partial charge is 0.497 e. The third-order valence-corrected chi connectivity index (χ3v) is 4.26. The highest BCUT2D eigenvalue weighted by atomic mass is 16.5. The van der Waals surface area contributed by atoms with Crippen LogP contribution >= 0.6 is 0 Å². The summed E-state index contributed by atoms with van der Waals surface area (Å²) >= 11 is 0. The normalized spacial score (nSPS) is 10.6. The van der Waals surface area contributed by atoms with E-state index in [0.717, 1.165) is 6.42 Å². The zero-order chi connectivity index (χ0) is 20.8. The zero-order valence-corrected chi connectivity index (χ0v) is 16.5. The molecule has 0 saturated carbocycles. The Kier molecular flexibility index (Phi) is 6.39. The molecule has 0 aliphatic carbocycles. The first kappa shape index (κ1) is 20.3. The number of carbonyl (C=O) groups is 1. The number of ether oxygens (including phenoxy) is 4. The zero-order valence-electron chi connectivity index (χ0n) is 16.5. The van der Waals surface area contributed by atoms with Crippen molar-refractivity contribution in [1.82, 2.24) is 0 Å².